The predicted molar refractivity (Wildman–Crippen MR) is 73.0 cm³/mol. The van der Waals surface area contributed by atoms with Crippen molar-refractivity contribution in [3.8, 4) is 0 Å². The first-order valence-corrected chi connectivity index (χ1v) is 7.29. The van der Waals surface area contributed by atoms with Crippen LogP contribution in [0.5, 0.6) is 0 Å². The van der Waals surface area contributed by atoms with Crippen molar-refractivity contribution in [3.05, 3.63) is 0 Å². The number of rotatable bonds is 8. The van der Waals surface area contributed by atoms with E-state index in [-0.39, 0.29) is 12.5 Å². The van der Waals surface area contributed by atoms with E-state index in [1.807, 2.05) is 0 Å². The van der Waals surface area contributed by atoms with Gasteiger partial charge in [-0.05, 0) is 38.6 Å². The first kappa shape index (κ1) is 16.4. The minimum atomic E-state index is -0.783. The second-order valence-corrected chi connectivity index (χ2v) is 5.69. The summed E-state index contributed by atoms with van der Waals surface area (Å²) < 4.78 is 0. The van der Waals surface area contributed by atoms with Crippen LogP contribution in [0.3, 0.4) is 0 Å². The molecule has 1 aliphatic rings. The normalized spacial score (nSPS) is 27.7. The number of hydrogen-bond donors (Lipinski definition) is 3. The average molecular weight is 273 g/mol. The van der Waals surface area contributed by atoms with Gasteiger partial charge >= 0.3 is 5.97 Å². The lowest BCUT2D eigenvalue weighted by molar-refractivity contribution is -0.145. The summed E-state index contributed by atoms with van der Waals surface area (Å²) in [5.41, 5.74) is -0.783. The standard InChI is InChI=1S/C14H27NO4/c1-2-3-8-15(9-10-16)11-14(19)6-4-12(5-7-14)13(17)18/h12,16,19H,2-11H2,1H3,(H,17,18). The Morgan fingerprint density at radius 1 is 1.32 bits per heavy atom. The van der Waals surface area contributed by atoms with Gasteiger partial charge in [0.25, 0.3) is 0 Å². The third kappa shape index (κ3) is 5.47. The van der Waals surface area contributed by atoms with E-state index in [2.05, 4.69) is 11.8 Å². The number of unbranched alkanes of at least 4 members (excludes halogenated alkanes) is 1. The monoisotopic (exact) mass is 273 g/mol. The highest BCUT2D eigenvalue weighted by atomic mass is 16.4. The van der Waals surface area contributed by atoms with Crippen molar-refractivity contribution >= 4 is 5.97 Å². The lowest BCUT2D eigenvalue weighted by Crippen LogP contribution is -2.47. The van der Waals surface area contributed by atoms with Gasteiger partial charge in [0.1, 0.15) is 0 Å². The van der Waals surface area contributed by atoms with Crippen molar-refractivity contribution in [1.82, 2.24) is 4.90 Å². The molecule has 0 atom stereocenters. The maximum atomic E-state index is 10.9. The van der Waals surface area contributed by atoms with E-state index in [0.29, 0.717) is 38.8 Å². The second kappa shape index (κ2) is 7.82. The van der Waals surface area contributed by atoms with Crippen LogP contribution in [0.4, 0.5) is 0 Å². The molecule has 5 heteroatoms. The second-order valence-electron chi connectivity index (χ2n) is 5.69. The van der Waals surface area contributed by atoms with Gasteiger partial charge in [0.05, 0.1) is 18.1 Å². The first-order valence-electron chi connectivity index (χ1n) is 7.29. The van der Waals surface area contributed by atoms with E-state index in [4.69, 9.17) is 10.2 Å². The minimum Gasteiger partial charge on any atom is -0.481 e. The fraction of sp³-hybridized carbons (Fsp3) is 0.929. The van der Waals surface area contributed by atoms with Gasteiger partial charge in [0.2, 0.25) is 0 Å². The van der Waals surface area contributed by atoms with Gasteiger partial charge in [-0.25, -0.2) is 0 Å². The zero-order valence-corrected chi connectivity index (χ0v) is 11.8. The molecule has 1 aliphatic carbocycles. The minimum absolute atomic E-state index is 0.0948. The van der Waals surface area contributed by atoms with Gasteiger partial charge in [-0.3, -0.25) is 9.69 Å². The fourth-order valence-electron chi connectivity index (χ4n) is 2.77. The lowest BCUT2D eigenvalue weighted by atomic mass is 9.78. The molecule has 0 aliphatic heterocycles. The topological polar surface area (TPSA) is 81.0 Å². The number of aliphatic hydroxyl groups excluding tert-OH is 1. The molecule has 1 saturated carbocycles. The third-order valence-electron chi connectivity index (χ3n) is 4.03. The predicted octanol–water partition coefficient (Wildman–Crippen LogP) is 1.09. The van der Waals surface area contributed by atoms with Crippen molar-refractivity contribution < 1.29 is 20.1 Å². The number of carbonyl (C=O) groups is 1. The van der Waals surface area contributed by atoms with E-state index in [1.165, 1.54) is 0 Å². The maximum absolute atomic E-state index is 10.9. The molecule has 0 aromatic heterocycles. The smallest absolute Gasteiger partial charge is 0.306 e. The summed E-state index contributed by atoms with van der Waals surface area (Å²) in [5.74, 6) is -1.05. The van der Waals surface area contributed by atoms with Crippen molar-refractivity contribution in [3.63, 3.8) is 0 Å². The highest BCUT2D eigenvalue weighted by Crippen LogP contribution is 2.32. The Labute approximate surface area is 115 Å². The van der Waals surface area contributed by atoms with Crippen LogP contribution in [0.1, 0.15) is 45.4 Å². The van der Waals surface area contributed by atoms with E-state index in [0.717, 1.165) is 19.4 Å². The molecule has 0 saturated heterocycles. The van der Waals surface area contributed by atoms with Crippen LogP contribution < -0.4 is 0 Å². The molecule has 0 bridgehead atoms. The maximum Gasteiger partial charge on any atom is 0.306 e. The Morgan fingerprint density at radius 2 is 1.95 bits per heavy atom. The van der Waals surface area contributed by atoms with Crippen LogP contribution >= 0.6 is 0 Å². The molecule has 0 aromatic rings. The van der Waals surface area contributed by atoms with Crippen molar-refractivity contribution in [2.24, 2.45) is 5.92 Å². The summed E-state index contributed by atoms with van der Waals surface area (Å²) in [6.45, 7) is 4.20. The van der Waals surface area contributed by atoms with Crippen molar-refractivity contribution in [2.75, 3.05) is 26.2 Å². The summed E-state index contributed by atoms with van der Waals surface area (Å²) in [6.07, 6.45) is 4.31. The summed E-state index contributed by atoms with van der Waals surface area (Å²) in [7, 11) is 0. The van der Waals surface area contributed by atoms with Crippen LogP contribution in [0.2, 0.25) is 0 Å². The van der Waals surface area contributed by atoms with Crippen LogP contribution in [-0.2, 0) is 4.79 Å². The fourth-order valence-corrected chi connectivity index (χ4v) is 2.77. The van der Waals surface area contributed by atoms with Crippen molar-refractivity contribution in [1.29, 1.82) is 0 Å². The highest BCUT2D eigenvalue weighted by molar-refractivity contribution is 5.70. The molecule has 0 heterocycles. The molecule has 5 nitrogen and oxygen atoms in total. The highest BCUT2D eigenvalue weighted by Gasteiger charge is 2.36. The molecular weight excluding hydrogens is 246 g/mol. The van der Waals surface area contributed by atoms with Gasteiger partial charge in [0.15, 0.2) is 0 Å². The van der Waals surface area contributed by atoms with Gasteiger partial charge in [-0.2, -0.15) is 0 Å². The molecule has 0 amide bonds. The van der Waals surface area contributed by atoms with Crippen LogP contribution in [-0.4, -0.2) is 58.0 Å². The summed E-state index contributed by atoms with van der Waals surface area (Å²) in [4.78, 5) is 13.0. The number of nitrogens with zero attached hydrogens (tertiary/aromatic N) is 1. The van der Waals surface area contributed by atoms with E-state index < -0.39 is 11.6 Å². The molecule has 0 radical (unpaired) electrons. The van der Waals surface area contributed by atoms with Crippen LogP contribution in [0, 0.1) is 5.92 Å². The number of carboxylic acids is 1. The average Bonchev–Trinajstić information content (AvgIpc) is 2.36. The molecule has 112 valence electrons. The number of aliphatic carboxylic acids is 1. The molecule has 0 unspecified atom stereocenters. The summed E-state index contributed by atoms with van der Waals surface area (Å²) in [5, 5.41) is 28.6. The van der Waals surface area contributed by atoms with Gasteiger partial charge in [-0.15, -0.1) is 0 Å². The third-order valence-corrected chi connectivity index (χ3v) is 4.03. The molecule has 3 N–H and O–H groups in total. The van der Waals surface area contributed by atoms with Crippen LogP contribution in [0.25, 0.3) is 0 Å². The number of hydrogen-bond acceptors (Lipinski definition) is 4. The van der Waals surface area contributed by atoms with Gasteiger partial charge < -0.3 is 15.3 Å². The van der Waals surface area contributed by atoms with Gasteiger partial charge in [-0.1, -0.05) is 13.3 Å². The quantitative estimate of drug-likeness (QED) is 0.617. The molecular formula is C14H27NO4. The van der Waals surface area contributed by atoms with E-state index in [1.54, 1.807) is 0 Å². The van der Waals surface area contributed by atoms with E-state index in [9.17, 15) is 9.90 Å². The zero-order valence-electron chi connectivity index (χ0n) is 11.8. The zero-order chi connectivity index (χ0) is 14.3. The largest absolute Gasteiger partial charge is 0.481 e. The summed E-state index contributed by atoms with van der Waals surface area (Å²) >= 11 is 0. The first-order chi connectivity index (χ1) is 9.00. The molecule has 1 fully saturated rings. The van der Waals surface area contributed by atoms with E-state index >= 15 is 0 Å². The van der Waals surface area contributed by atoms with Crippen LogP contribution in [0.15, 0.2) is 0 Å². The Kier molecular flexibility index (Phi) is 6.75. The SMILES string of the molecule is CCCCN(CCO)CC1(O)CCC(C(=O)O)CC1. The molecule has 0 spiro atoms. The lowest BCUT2D eigenvalue weighted by Gasteiger charge is -2.38. The number of carboxylic acid groups (broad SMARTS) is 1. The molecule has 1 rings (SSSR count). The molecule has 19 heavy (non-hydrogen) atoms. The number of aliphatic hydroxyl groups is 2. The Hall–Kier alpha value is -0.650. The van der Waals surface area contributed by atoms with Crippen molar-refractivity contribution in [2.45, 2.75) is 51.0 Å². The Morgan fingerprint density at radius 3 is 2.42 bits per heavy atom. The summed E-state index contributed by atoms with van der Waals surface area (Å²) in [6, 6.07) is 0. The Balaban J connectivity index is 2.46. The molecule has 0 aromatic carbocycles. The Bertz CT molecular complexity index is 275. The van der Waals surface area contributed by atoms with Gasteiger partial charge in [0, 0.05) is 13.1 Å².